The van der Waals surface area contributed by atoms with Crippen LogP contribution in [0.1, 0.15) is 19.4 Å². The third-order valence-electron chi connectivity index (χ3n) is 2.21. The molecule has 4 nitrogen and oxygen atoms in total. The first kappa shape index (κ1) is 16.3. The van der Waals surface area contributed by atoms with Gasteiger partial charge in [-0.05, 0) is 32.0 Å². The SMILES string of the molecule is CCOC(=O)/C(C)=N/Nc1cc(C(F)(F)F)ccc1Cl. The van der Waals surface area contributed by atoms with E-state index in [4.69, 9.17) is 11.6 Å². The topological polar surface area (TPSA) is 50.7 Å². The lowest BCUT2D eigenvalue weighted by Gasteiger charge is -2.10. The molecular weight excluding hydrogens is 297 g/mol. The molecule has 0 radical (unpaired) electrons. The summed E-state index contributed by atoms with van der Waals surface area (Å²) in [4.78, 5) is 11.3. The first-order valence-corrected chi connectivity index (χ1v) is 5.97. The van der Waals surface area contributed by atoms with Crippen molar-refractivity contribution < 1.29 is 22.7 Å². The van der Waals surface area contributed by atoms with Gasteiger partial charge in [-0.15, -0.1) is 0 Å². The van der Waals surface area contributed by atoms with E-state index in [-0.39, 0.29) is 23.0 Å². The molecule has 0 unspecified atom stereocenters. The van der Waals surface area contributed by atoms with E-state index in [0.717, 1.165) is 18.2 Å². The molecule has 0 spiro atoms. The number of hydrogen-bond donors (Lipinski definition) is 1. The predicted molar refractivity (Wildman–Crippen MR) is 69.8 cm³/mol. The number of nitrogens with zero attached hydrogens (tertiary/aromatic N) is 1. The molecule has 0 aliphatic carbocycles. The van der Waals surface area contributed by atoms with Crippen LogP contribution in [0, 0.1) is 0 Å². The minimum atomic E-state index is -4.49. The third kappa shape index (κ3) is 4.41. The molecule has 1 rings (SSSR count). The number of rotatable bonds is 4. The van der Waals surface area contributed by atoms with Gasteiger partial charge in [0.05, 0.1) is 22.9 Å². The van der Waals surface area contributed by atoms with Crippen LogP contribution >= 0.6 is 11.6 Å². The zero-order valence-electron chi connectivity index (χ0n) is 10.7. The Morgan fingerprint density at radius 2 is 2.10 bits per heavy atom. The fourth-order valence-electron chi connectivity index (χ4n) is 1.21. The molecule has 20 heavy (non-hydrogen) atoms. The van der Waals surface area contributed by atoms with Crippen molar-refractivity contribution in [3.8, 4) is 0 Å². The van der Waals surface area contributed by atoms with E-state index >= 15 is 0 Å². The Hall–Kier alpha value is -1.76. The van der Waals surface area contributed by atoms with Gasteiger partial charge in [-0.2, -0.15) is 18.3 Å². The molecule has 0 aliphatic rings. The number of nitrogens with one attached hydrogen (secondary N) is 1. The quantitative estimate of drug-likeness (QED) is 0.524. The van der Waals surface area contributed by atoms with Crippen LogP contribution in [-0.2, 0) is 15.7 Å². The second kappa shape index (κ2) is 6.60. The molecule has 0 saturated heterocycles. The summed E-state index contributed by atoms with van der Waals surface area (Å²) in [6, 6.07) is 2.77. The van der Waals surface area contributed by atoms with Crippen LogP contribution in [0.4, 0.5) is 18.9 Å². The van der Waals surface area contributed by atoms with E-state index in [0.29, 0.717) is 0 Å². The highest BCUT2D eigenvalue weighted by atomic mass is 35.5. The number of halogens is 4. The van der Waals surface area contributed by atoms with Gasteiger partial charge in [-0.25, -0.2) is 4.79 Å². The molecule has 8 heteroatoms. The van der Waals surface area contributed by atoms with Gasteiger partial charge in [-0.3, -0.25) is 5.43 Å². The Balaban J connectivity index is 2.92. The number of ether oxygens (including phenoxy) is 1. The molecule has 0 aromatic heterocycles. The van der Waals surface area contributed by atoms with Gasteiger partial charge in [0, 0.05) is 0 Å². The Labute approximate surface area is 118 Å². The van der Waals surface area contributed by atoms with Crippen LogP contribution in [0.3, 0.4) is 0 Å². The minimum Gasteiger partial charge on any atom is -0.461 e. The Kier molecular flexibility index (Phi) is 5.38. The van der Waals surface area contributed by atoms with Gasteiger partial charge in [-0.1, -0.05) is 11.6 Å². The minimum absolute atomic E-state index is 0.0275. The molecule has 0 bridgehead atoms. The average molecular weight is 309 g/mol. The zero-order valence-corrected chi connectivity index (χ0v) is 11.5. The van der Waals surface area contributed by atoms with E-state index in [1.807, 2.05) is 0 Å². The summed E-state index contributed by atoms with van der Waals surface area (Å²) in [5, 5.41) is 3.69. The van der Waals surface area contributed by atoms with Gasteiger partial charge < -0.3 is 4.74 Å². The average Bonchev–Trinajstić information content (AvgIpc) is 2.36. The summed E-state index contributed by atoms with van der Waals surface area (Å²) in [5.41, 5.74) is 1.37. The highest BCUT2D eigenvalue weighted by molar-refractivity contribution is 6.36. The first-order valence-electron chi connectivity index (χ1n) is 5.60. The van der Waals surface area contributed by atoms with Crippen molar-refractivity contribution in [2.24, 2.45) is 5.10 Å². The van der Waals surface area contributed by atoms with Crippen molar-refractivity contribution in [3.63, 3.8) is 0 Å². The molecule has 0 aliphatic heterocycles. The van der Waals surface area contributed by atoms with Crippen LogP contribution in [0.5, 0.6) is 0 Å². The number of hydrazone groups is 1. The predicted octanol–water partition coefficient (Wildman–Crippen LogP) is 3.71. The number of carbonyl (C=O) groups is 1. The van der Waals surface area contributed by atoms with Crippen molar-refractivity contribution in [1.29, 1.82) is 0 Å². The van der Waals surface area contributed by atoms with E-state index < -0.39 is 17.7 Å². The molecule has 0 heterocycles. The fourth-order valence-corrected chi connectivity index (χ4v) is 1.37. The number of alkyl halides is 3. The lowest BCUT2D eigenvalue weighted by Crippen LogP contribution is -2.15. The zero-order chi connectivity index (χ0) is 15.3. The highest BCUT2D eigenvalue weighted by Gasteiger charge is 2.30. The second-order valence-electron chi connectivity index (χ2n) is 3.72. The maximum Gasteiger partial charge on any atom is 0.416 e. The Morgan fingerprint density at radius 1 is 1.45 bits per heavy atom. The second-order valence-corrected chi connectivity index (χ2v) is 4.13. The van der Waals surface area contributed by atoms with Gasteiger partial charge in [0.25, 0.3) is 0 Å². The van der Waals surface area contributed by atoms with Crippen LogP contribution < -0.4 is 5.43 Å². The smallest absolute Gasteiger partial charge is 0.416 e. The normalized spacial score (nSPS) is 12.2. The Bertz CT molecular complexity index is 530. The lowest BCUT2D eigenvalue weighted by molar-refractivity contribution is -0.137. The lowest BCUT2D eigenvalue weighted by atomic mass is 10.2. The molecule has 1 aromatic rings. The van der Waals surface area contributed by atoms with Gasteiger partial charge in [0.1, 0.15) is 5.71 Å². The van der Waals surface area contributed by atoms with Crippen LogP contribution in [0.15, 0.2) is 23.3 Å². The van der Waals surface area contributed by atoms with Crippen LogP contribution in [0.25, 0.3) is 0 Å². The largest absolute Gasteiger partial charge is 0.461 e. The van der Waals surface area contributed by atoms with Gasteiger partial charge in [0.2, 0.25) is 0 Å². The summed E-state index contributed by atoms with van der Waals surface area (Å²) >= 11 is 5.76. The van der Waals surface area contributed by atoms with E-state index in [9.17, 15) is 18.0 Å². The molecule has 0 amide bonds. The molecule has 0 fully saturated rings. The highest BCUT2D eigenvalue weighted by Crippen LogP contribution is 2.33. The summed E-state index contributed by atoms with van der Waals surface area (Å²) in [5.74, 6) is -0.664. The van der Waals surface area contributed by atoms with Crippen molar-refractivity contribution in [2.45, 2.75) is 20.0 Å². The maximum atomic E-state index is 12.5. The summed E-state index contributed by atoms with van der Waals surface area (Å²) in [7, 11) is 0. The number of hydrogen-bond acceptors (Lipinski definition) is 4. The van der Waals surface area contributed by atoms with Crippen LogP contribution in [-0.4, -0.2) is 18.3 Å². The third-order valence-corrected chi connectivity index (χ3v) is 2.54. The van der Waals surface area contributed by atoms with E-state index in [2.05, 4.69) is 15.3 Å². The first-order chi connectivity index (χ1) is 9.25. The number of benzene rings is 1. The van der Waals surface area contributed by atoms with Crippen molar-refractivity contribution in [3.05, 3.63) is 28.8 Å². The molecule has 110 valence electrons. The monoisotopic (exact) mass is 308 g/mol. The van der Waals surface area contributed by atoms with Crippen LogP contribution in [0.2, 0.25) is 5.02 Å². The summed E-state index contributed by atoms with van der Waals surface area (Å²) in [6.07, 6.45) is -4.49. The molecule has 1 N–H and O–H groups in total. The van der Waals surface area contributed by atoms with Crippen molar-refractivity contribution in [1.82, 2.24) is 0 Å². The maximum absolute atomic E-state index is 12.5. The summed E-state index contributed by atoms with van der Waals surface area (Å²) in [6.45, 7) is 3.17. The van der Waals surface area contributed by atoms with Gasteiger partial charge in [0.15, 0.2) is 0 Å². The number of esters is 1. The van der Waals surface area contributed by atoms with Gasteiger partial charge >= 0.3 is 12.1 Å². The van der Waals surface area contributed by atoms with E-state index in [1.165, 1.54) is 6.92 Å². The standard InChI is InChI=1S/C12H12ClF3N2O2/c1-3-20-11(19)7(2)17-18-10-6-8(12(14,15)16)4-5-9(10)13/h4-6,18H,3H2,1-2H3/b17-7+. The van der Waals surface area contributed by atoms with Crippen molar-refractivity contribution in [2.75, 3.05) is 12.0 Å². The molecule has 0 atom stereocenters. The molecule has 1 aromatic carbocycles. The number of anilines is 1. The van der Waals surface area contributed by atoms with E-state index in [1.54, 1.807) is 6.92 Å². The molecule has 0 saturated carbocycles. The van der Waals surface area contributed by atoms with Crippen molar-refractivity contribution >= 4 is 29.0 Å². The number of carbonyl (C=O) groups excluding carboxylic acids is 1. The fraction of sp³-hybridized carbons (Fsp3) is 0.333. The molecular formula is C12H12ClF3N2O2. The Morgan fingerprint density at radius 3 is 2.65 bits per heavy atom. The summed E-state index contributed by atoms with van der Waals surface area (Å²) < 4.78 is 42.3.